The summed E-state index contributed by atoms with van der Waals surface area (Å²) in [5.41, 5.74) is 0.488. The number of nitrogens with zero attached hydrogens (tertiary/aromatic N) is 1. The van der Waals surface area contributed by atoms with Crippen LogP contribution in [0.15, 0.2) is 30.5 Å². The van der Waals surface area contributed by atoms with Crippen molar-refractivity contribution in [2.24, 2.45) is 11.3 Å². The second-order valence-electron chi connectivity index (χ2n) is 9.89. The van der Waals surface area contributed by atoms with Crippen LogP contribution in [0.5, 0.6) is 5.88 Å². The molecule has 198 valence electrons. The van der Waals surface area contributed by atoms with Gasteiger partial charge in [-0.25, -0.2) is 4.98 Å². The maximum atomic E-state index is 13.3. The number of carbonyl (C=O) groups is 1. The molecule has 36 heavy (non-hydrogen) atoms. The van der Waals surface area contributed by atoms with E-state index < -0.39 is 41.3 Å². The van der Waals surface area contributed by atoms with Crippen LogP contribution < -0.4 is 10.1 Å². The summed E-state index contributed by atoms with van der Waals surface area (Å²) in [5, 5.41) is 3.94. The normalized spacial score (nSPS) is 22.5. The molecule has 2 aromatic rings. The molecule has 1 aromatic heterocycles. The first-order chi connectivity index (χ1) is 16.8. The predicted molar refractivity (Wildman–Crippen MR) is 130 cm³/mol. The van der Waals surface area contributed by atoms with Crippen LogP contribution in [0.3, 0.4) is 0 Å². The second-order valence-corrected chi connectivity index (χ2v) is 10.3. The molecular formula is C26H32ClF3N2O4. The first-order valence-corrected chi connectivity index (χ1v) is 12.1. The number of hydrogen-bond donors (Lipinski definition) is 1. The SMILES string of the molecule is CCOC(=O)[C@H]1N[C@@H](c2cccc(Cl)c2C)[C@@H](OCc2cc(C(F)(F)F)cnc2OC)[C@@H]1C(C)(C)C. The van der Waals surface area contributed by atoms with E-state index >= 15 is 0 Å². The number of halogens is 4. The summed E-state index contributed by atoms with van der Waals surface area (Å²) in [6.45, 7) is 9.58. The third-order valence-electron chi connectivity index (χ3n) is 6.46. The summed E-state index contributed by atoms with van der Waals surface area (Å²) < 4.78 is 56.9. The largest absolute Gasteiger partial charge is 0.481 e. The Morgan fingerprint density at radius 1 is 1.22 bits per heavy atom. The molecule has 1 aliphatic rings. The Hall–Kier alpha value is -2.36. The molecule has 1 N–H and O–H groups in total. The molecule has 1 aliphatic heterocycles. The van der Waals surface area contributed by atoms with E-state index in [1.807, 2.05) is 39.8 Å². The minimum atomic E-state index is -4.56. The van der Waals surface area contributed by atoms with Crippen molar-refractivity contribution in [1.29, 1.82) is 0 Å². The smallest absolute Gasteiger partial charge is 0.417 e. The number of alkyl halides is 3. The van der Waals surface area contributed by atoms with Crippen LogP contribution >= 0.6 is 11.6 Å². The third kappa shape index (κ3) is 5.95. The standard InChI is InChI=1S/C26H32ClF3N2O4/c1-7-35-24(33)21-19(25(3,4)5)22(20(32-21)17-9-8-10-18(27)14(17)2)36-13-15-11-16(26(28,29)30)12-31-23(15)34-6/h8-12,19-22,32H,7,13H2,1-6H3/t19-,20+,21+,22+/m1/s1. The van der Waals surface area contributed by atoms with Gasteiger partial charge in [0.2, 0.25) is 5.88 Å². The zero-order valence-electron chi connectivity index (χ0n) is 21.2. The maximum Gasteiger partial charge on any atom is 0.417 e. The Morgan fingerprint density at radius 2 is 1.92 bits per heavy atom. The first-order valence-electron chi connectivity index (χ1n) is 11.7. The fourth-order valence-electron chi connectivity index (χ4n) is 4.78. The maximum absolute atomic E-state index is 13.3. The number of hydrogen-bond acceptors (Lipinski definition) is 6. The van der Waals surface area contributed by atoms with Crippen LogP contribution in [0.4, 0.5) is 13.2 Å². The number of carbonyl (C=O) groups excluding carboxylic acids is 1. The van der Waals surface area contributed by atoms with E-state index in [1.165, 1.54) is 7.11 Å². The van der Waals surface area contributed by atoms with Crippen LogP contribution in [-0.2, 0) is 27.1 Å². The fourth-order valence-corrected chi connectivity index (χ4v) is 4.96. The topological polar surface area (TPSA) is 69.7 Å². The van der Waals surface area contributed by atoms with Gasteiger partial charge < -0.3 is 14.2 Å². The Kier molecular flexibility index (Phi) is 8.58. The quantitative estimate of drug-likeness (QED) is 0.452. The van der Waals surface area contributed by atoms with Crippen molar-refractivity contribution >= 4 is 17.6 Å². The van der Waals surface area contributed by atoms with Gasteiger partial charge in [0.15, 0.2) is 0 Å². The van der Waals surface area contributed by atoms with Gasteiger partial charge in [-0.3, -0.25) is 10.1 Å². The molecule has 4 atom stereocenters. The predicted octanol–water partition coefficient (Wildman–Crippen LogP) is 5.89. The second kappa shape index (κ2) is 10.9. The van der Waals surface area contributed by atoms with Gasteiger partial charge in [-0.1, -0.05) is 44.5 Å². The third-order valence-corrected chi connectivity index (χ3v) is 6.87. The van der Waals surface area contributed by atoms with Gasteiger partial charge in [0.25, 0.3) is 0 Å². The lowest BCUT2D eigenvalue weighted by Gasteiger charge is -2.35. The average molecular weight is 529 g/mol. The Balaban J connectivity index is 2.05. The van der Waals surface area contributed by atoms with Crippen molar-refractivity contribution in [2.75, 3.05) is 13.7 Å². The van der Waals surface area contributed by atoms with Crippen molar-refractivity contribution in [3.05, 3.63) is 57.7 Å². The first kappa shape index (κ1) is 28.2. The highest BCUT2D eigenvalue weighted by atomic mass is 35.5. The summed E-state index contributed by atoms with van der Waals surface area (Å²) in [4.78, 5) is 16.8. The molecular weight excluding hydrogens is 497 g/mol. The highest BCUT2D eigenvalue weighted by molar-refractivity contribution is 6.31. The fraction of sp³-hybridized carbons (Fsp3) is 0.538. The van der Waals surface area contributed by atoms with Crippen LogP contribution in [0, 0.1) is 18.3 Å². The zero-order chi connectivity index (χ0) is 26.8. The van der Waals surface area contributed by atoms with Crippen molar-refractivity contribution in [2.45, 2.75) is 65.6 Å². The average Bonchev–Trinajstić information content (AvgIpc) is 3.19. The summed E-state index contributed by atoms with van der Waals surface area (Å²) in [7, 11) is 1.34. The molecule has 10 heteroatoms. The number of pyridine rings is 1. The van der Waals surface area contributed by atoms with Crippen LogP contribution in [0.2, 0.25) is 5.02 Å². The lowest BCUT2D eigenvalue weighted by atomic mass is 9.73. The van der Waals surface area contributed by atoms with Crippen LogP contribution in [0.1, 0.15) is 56.0 Å². The molecule has 6 nitrogen and oxygen atoms in total. The number of rotatable bonds is 7. The van der Waals surface area contributed by atoms with Crippen LogP contribution in [0.25, 0.3) is 0 Å². The Labute approximate surface area is 214 Å². The van der Waals surface area contributed by atoms with E-state index in [0.717, 1.165) is 23.4 Å². The summed E-state index contributed by atoms with van der Waals surface area (Å²) in [6.07, 6.45) is -4.44. The molecule has 1 fully saturated rings. The molecule has 0 amide bonds. The number of benzene rings is 1. The molecule has 0 bridgehead atoms. The Bertz CT molecular complexity index is 1090. The number of esters is 1. The van der Waals surface area contributed by atoms with Crippen molar-refractivity contribution < 1.29 is 32.2 Å². The number of nitrogens with one attached hydrogen (secondary N) is 1. The van der Waals surface area contributed by atoms with Gasteiger partial charge in [-0.15, -0.1) is 0 Å². The lowest BCUT2D eigenvalue weighted by Crippen LogP contribution is -2.44. The minimum absolute atomic E-state index is 0.0405. The van der Waals surface area contributed by atoms with E-state index in [0.29, 0.717) is 5.02 Å². The monoisotopic (exact) mass is 528 g/mol. The highest BCUT2D eigenvalue weighted by Crippen LogP contribution is 2.45. The van der Waals surface area contributed by atoms with Gasteiger partial charge in [-0.2, -0.15) is 13.2 Å². The number of ether oxygens (including phenoxy) is 3. The van der Waals surface area contributed by atoms with Gasteiger partial charge in [-0.05, 0) is 42.5 Å². The van der Waals surface area contributed by atoms with E-state index in [9.17, 15) is 18.0 Å². The zero-order valence-corrected chi connectivity index (χ0v) is 22.0. The molecule has 3 rings (SSSR count). The van der Waals surface area contributed by atoms with Crippen molar-refractivity contribution in [1.82, 2.24) is 10.3 Å². The van der Waals surface area contributed by atoms with E-state index in [-0.39, 0.29) is 30.6 Å². The molecule has 0 spiro atoms. The molecule has 1 aromatic carbocycles. The molecule has 1 saturated heterocycles. The number of aromatic nitrogens is 1. The van der Waals surface area contributed by atoms with E-state index in [4.69, 9.17) is 25.8 Å². The van der Waals surface area contributed by atoms with Gasteiger partial charge in [0, 0.05) is 22.7 Å². The van der Waals surface area contributed by atoms with Gasteiger partial charge in [0.05, 0.1) is 38.0 Å². The summed E-state index contributed by atoms with van der Waals surface area (Å²) in [6, 6.07) is 5.30. The number of methoxy groups -OCH3 is 1. The molecule has 0 unspecified atom stereocenters. The highest BCUT2D eigenvalue weighted by Gasteiger charge is 2.53. The molecule has 0 saturated carbocycles. The Morgan fingerprint density at radius 3 is 2.50 bits per heavy atom. The summed E-state index contributed by atoms with van der Waals surface area (Å²) >= 11 is 6.40. The summed E-state index contributed by atoms with van der Waals surface area (Å²) in [5.74, 6) is -0.741. The van der Waals surface area contributed by atoms with Crippen molar-refractivity contribution in [3.63, 3.8) is 0 Å². The van der Waals surface area contributed by atoms with Gasteiger partial charge >= 0.3 is 12.1 Å². The van der Waals surface area contributed by atoms with Gasteiger partial charge in [0.1, 0.15) is 6.04 Å². The lowest BCUT2D eigenvalue weighted by molar-refractivity contribution is -0.148. The molecule has 0 aliphatic carbocycles. The van der Waals surface area contributed by atoms with E-state index in [1.54, 1.807) is 13.0 Å². The van der Waals surface area contributed by atoms with Crippen LogP contribution in [-0.4, -0.2) is 36.8 Å². The molecule has 2 heterocycles. The molecule has 0 radical (unpaired) electrons. The minimum Gasteiger partial charge on any atom is -0.481 e. The van der Waals surface area contributed by atoms with E-state index in [2.05, 4.69) is 10.3 Å². The van der Waals surface area contributed by atoms with Crippen molar-refractivity contribution in [3.8, 4) is 5.88 Å².